The van der Waals surface area contributed by atoms with Crippen LogP contribution in [-0.2, 0) is 20.9 Å². The number of dihydropyridines is 1. The summed E-state index contributed by atoms with van der Waals surface area (Å²) in [6, 6.07) is 25.6. The van der Waals surface area contributed by atoms with Crippen molar-refractivity contribution in [3.05, 3.63) is 130 Å². The Balaban J connectivity index is 1.53. The number of benzene rings is 3. The lowest BCUT2D eigenvalue weighted by molar-refractivity contribution is -0.140. The van der Waals surface area contributed by atoms with E-state index in [1.165, 1.54) is 6.07 Å². The van der Waals surface area contributed by atoms with E-state index in [0.717, 1.165) is 16.8 Å². The molecule has 0 amide bonds. The summed E-state index contributed by atoms with van der Waals surface area (Å²) in [7, 11) is 0. The molecule has 5 heteroatoms. The Hall–Kier alpha value is -3.99. The summed E-state index contributed by atoms with van der Waals surface area (Å²) in [6.45, 7) is 1.88. The maximum Gasteiger partial charge on any atom is 0.337 e. The van der Waals surface area contributed by atoms with Gasteiger partial charge in [0, 0.05) is 29.0 Å². The molecule has 0 radical (unpaired) electrons. The normalized spacial score (nSPS) is 19.8. The molecule has 2 atom stereocenters. The highest BCUT2D eigenvalue weighted by Crippen LogP contribution is 2.46. The number of allylic oxidation sites excluding steroid dienone is 3. The van der Waals surface area contributed by atoms with Crippen molar-refractivity contribution in [2.75, 3.05) is 0 Å². The molecule has 4 nitrogen and oxygen atoms in total. The standard InChI is InChI=1S/C30H26FNO3/c1-19-27(30(34)35-18-20-10-4-2-5-11-20)28(23-14-8-9-15-24(23)31)29-25(32-19)16-22(17-26(29)33)21-12-6-3-7-13-21/h2-15,22,28,32H,16-18H2,1H3/t22-,28-/m1/s1. The van der Waals surface area contributed by atoms with E-state index in [9.17, 15) is 9.59 Å². The van der Waals surface area contributed by atoms with Gasteiger partial charge in [0.1, 0.15) is 12.4 Å². The van der Waals surface area contributed by atoms with Crippen molar-refractivity contribution in [1.82, 2.24) is 5.32 Å². The van der Waals surface area contributed by atoms with Crippen LogP contribution >= 0.6 is 0 Å². The molecular formula is C30H26FNO3. The highest BCUT2D eigenvalue weighted by atomic mass is 19.1. The third kappa shape index (κ3) is 4.54. The third-order valence-electron chi connectivity index (χ3n) is 6.75. The topological polar surface area (TPSA) is 55.4 Å². The molecule has 0 spiro atoms. The Morgan fingerprint density at radius 1 is 0.943 bits per heavy atom. The average Bonchev–Trinajstić information content (AvgIpc) is 2.88. The Kier molecular flexibility index (Phi) is 6.32. The SMILES string of the molecule is CC1=C(C(=O)OCc2ccccc2)[C@@H](c2ccccc2F)C2=C(C[C@@H](c3ccccc3)CC2=O)N1. The van der Waals surface area contributed by atoms with Gasteiger partial charge in [-0.2, -0.15) is 0 Å². The molecule has 1 N–H and O–H groups in total. The zero-order valence-electron chi connectivity index (χ0n) is 19.5. The molecule has 1 heterocycles. The van der Waals surface area contributed by atoms with Crippen LogP contribution in [0.15, 0.2) is 107 Å². The lowest BCUT2D eigenvalue weighted by Crippen LogP contribution is -2.36. The second kappa shape index (κ2) is 9.71. The predicted octanol–water partition coefficient (Wildman–Crippen LogP) is 5.93. The lowest BCUT2D eigenvalue weighted by atomic mass is 9.71. The number of carbonyl (C=O) groups is 2. The van der Waals surface area contributed by atoms with Crippen LogP contribution in [0.1, 0.15) is 48.3 Å². The fourth-order valence-electron chi connectivity index (χ4n) is 5.09. The van der Waals surface area contributed by atoms with Crippen LogP contribution < -0.4 is 5.32 Å². The number of ether oxygens (including phenoxy) is 1. The monoisotopic (exact) mass is 467 g/mol. The summed E-state index contributed by atoms with van der Waals surface area (Å²) in [5, 5.41) is 3.31. The maximum atomic E-state index is 15.1. The number of carbonyl (C=O) groups excluding carboxylic acids is 2. The Bertz CT molecular complexity index is 1330. The van der Waals surface area contributed by atoms with Crippen molar-refractivity contribution >= 4 is 11.8 Å². The second-order valence-corrected chi connectivity index (χ2v) is 9.01. The third-order valence-corrected chi connectivity index (χ3v) is 6.75. The van der Waals surface area contributed by atoms with E-state index in [2.05, 4.69) is 5.32 Å². The van der Waals surface area contributed by atoms with Crippen LogP contribution in [0.2, 0.25) is 0 Å². The predicted molar refractivity (Wildman–Crippen MR) is 132 cm³/mol. The van der Waals surface area contributed by atoms with Crippen LogP contribution in [0.3, 0.4) is 0 Å². The smallest absolute Gasteiger partial charge is 0.337 e. The van der Waals surface area contributed by atoms with Crippen LogP contribution in [0.5, 0.6) is 0 Å². The van der Waals surface area contributed by atoms with Crippen LogP contribution in [0.25, 0.3) is 0 Å². The van der Waals surface area contributed by atoms with E-state index >= 15 is 4.39 Å². The first-order valence-electron chi connectivity index (χ1n) is 11.8. The molecule has 176 valence electrons. The van der Waals surface area contributed by atoms with Gasteiger partial charge in [-0.05, 0) is 36.5 Å². The van der Waals surface area contributed by atoms with Gasteiger partial charge < -0.3 is 10.1 Å². The zero-order chi connectivity index (χ0) is 24.4. The molecule has 2 aliphatic rings. The Morgan fingerprint density at radius 3 is 2.31 bits per heavy atom. The number of Topliss-reactive ketones (excluding diaryl/α,β-unsaturated/α-hetero) is 1. The highest BCUT2D eigenvalue weighted by molar-refractivity contribution is 6.04. The minimum Gasteiger partial charge on any atom is -0.457 e. The van der Waals surface area contributed by atoms with Gasteiger partial charge in [0.2, 0.25) is 0 Å². The maximum absolute atomic E-state index is 15.1. The summed E-state index contributed by atoms with van der Waals surface area (Å²) < 4.78 is 20.7. The summed E-state index contributed by atoms with van der Waals surface area (Å²) in [6.07, 6.45) is 0.917. The summed E-state index contributed by atoms with van der Waals surface area (Å²) in [4.78, 5) is 26.9. The van der Waals surface area contributed by atoms with Gasteiger partial charge >= 0.3 is 5.97 Å². The van der Waals surface area contributed by atoms with E-state index in [0.29, 0.717) is 29.7 Å². The van der Waals surface area contributed by atoms with Crippen molar-refractivity contribution < 1.29 is 18.7 Å². The molecule has 3 aromatic carbocycles. The molecule has 1 aliphatic carbocycles. The number of ketones is 1. The molecule has 35 heavy (non-hydrogen) atoms. The van der Waals surface area contributed by atoms with Gasteiger partial charge in [-0.1, -0.05) is 78.9 Å². The van der Waals surface area contributed by atoms with E-state index in [1.54, 1.807) is 25.1 Å². The second-order valence-electron chi connectivity index (χ2n) is 9.01. The summed E-state index contributed by atoms with van der Waals surface area (Å²) in [5.41, 5.74) is 4.31. The fraction of sp³-hybridized carbons (Fsp3) is 0.200. The van der Waals surface area contributed by atoms with Gasteiger partial charge in [0.15, 0.2) is 5.78 Å². The van der Waals surface area contributed by atoms with Gasteiger partial charge in [-0.25, -0.2) is 9.18 Å². The number of rotatable bonds is 5. The highest BCUT2D eigenvalue weighted by Gasteiger charge is 2.42. The molecule has 3 aromatic rings. The molecule has 1 aliphatic heterocycles. The minimum absolute atomic E-state index is 0.0237. The average molecular weight is 468 g/mol. The molecule has 0 bridgehead atoms. The molecule has 0 saturated carbocycles. The van der Waals surface area contributed by atoms with Gasteiger partial charge in [0.05, 0.1) is 11.5 Å². The summed E-state index contributed by atoms with van der Waals surface area (Å²) in [5.74, 6) is -1.89. The minimum atomic E-state index is -0.819. The van der Waals surface area contributed by atoms with Crippen molar-refractivity contribution in [3.8, 4) is 0 Å². The van der Waals surface area contributed by atoms with Crippen LogP contribution in [0, 0.1) is 5.82 Å². The first-order valence-corrected chi connectivity index (χ1v) is 11.8. The number of halogens is 1. The van der Waals surface area contributed by atoms with Crippen molar-refractivity contribution in [3.63, 3.8) is 0 Å². The summed E-state index contributed by atoms with van der Waals surface area (Å²) >= 11 is 0. The lowest BCUT2D eigenvalue weighted by Gasteiger charge is -2.36. The Labute approximate surface area is 204 Å². The zero-order valence-corrected chi connectivity index (χ0v) is 19.5. The van der Waals surface area contributed by atoms with Crippen molar-refractivity contribution in [1.29, 1.82) is 0 Å². The van der Waals surface area contributed by atoms with Crippen molar-refractivity contribution in [2.45, 2.75) is 38.2 Å². The molecular weight excluding hydrogens is 441 g/mol. The molecule has 5 rings (SSSR count). The number of hydrogen-bond acceptors (Lipinski definition) is 4. The van der Waals surface area contributed by atoms with Crippen LogP contribution in [-0.4, -0.2) is 11.8 Å². The van der Waals surface area contributed by atoms with Gasteiger partial charge in [-0.3, -0.25) is 4.79 Å². The fourth-order valence-corrected chi connectivity index (χ4v) is 5.09. The number of esters is 1. The molecule has 0 fully saturated rings. The molecule has 0 unspecified atom stereocenters. The molecule has 0 saturated heterocycles. The first kappa shape index (κ1) is 22.8. The van der Waals surface area contributed by atoms with E-state index in [-0.39, 0.29) is 23.9 Å². The Morgan fingerprint density at radius 2 is 1.60 bits per heavy atom. The van der Waals surface area contributed by atoms with Crippen molar-refractivity contribution in [2.24, 2.45) is 0 Å². The molecule has 0 aromatic heterocycles. The quantitative estimate of drug-likeness (QED) is 0.473. The van der Waals surface area contributed by atoms with E-state index in [4.69, 9.17) is 4.74 Å². The van der Waals surface area contributed by atoms with E-state index < -0.39 is 17.7 Å². The van der Waals surface area contributed by atoms with Gasteiger partial charge in [-0.15, -0.1) is 0 Å². The number of hydrogen-bond donors (Lipinski definition) is 1. The van der Waals surface area contributed by atoms with Crippen LogP contribution in [0.4, 0.5) is 4.39 Å². The largest absolute Gasteiger partial charge is 0.457 e. The van der Waals surface area contributed by atoms with Gasteiger partial charge in [0.25, 0.3) is 0 Å². The first-order chi connectivity index (χ1) is 17.0. The number of nitrogens with one attached hydrogen (secondary N) is 1. The van der Waals surface area contributed by atoms with E-state index in [1.807, 2.05) is 60.7 Å².